The van der Waals surface area contributed by atoms with Gasteiger partial charge in [0.05, 0.1) is 12.2 Å². The van der Waals surface area contributed by atoms with Gasteiger partial charge in [-0.25, -0.2) is 4.79 Å². The fourth-order valence-corrected chi connectivity index (χ4v) is 2.11. The number of likely N-dealkylation sites (tertiary alicyclic amines) is 1. The van der Waals surface area contributed by atoms with Crippen molar-refractivity contribution in [2.45, 2.75) is 26.3 Å². The zero-order chi connectivity index (χ0) is 12.1. The molecule has 0 N–H and O–H groups in total. The smallest absolute Gasteiger partial charge is 0.320 e. The van der Waals surface area contributed by atoms with E-state index in [2.05, 4.69) is 4.98 Å². The van der Waals surface area contributed by atoms with Gasteiger partial charge in [-0.3, -0.25) is 4.98 Å². The molecule has 1 aliphatic rings. The maximum absolute atomic E-state index is 12.2. The summed E-state index contributed by atoms with van der Waals surface area (Å²) in [5.41, 5.74) is 0.946. The van der Waals surface area contributed by atoms with E-state index in [4.69, 9.17) is 0 Å². The largest absolute Gasteiger partial charge is 0.325 e. The van der Waals surface area contributed by atoms with Gasteiger partial charge in [-0.05, 0) is 31.9 Å². The molecule has 17 heavy (non-hydrogen) atoms. The summed E-state index contributed by atoms with van der Waals surface area (Å²) < 4.78 is 0. The third kappa shape index (κ3) is 2.96. The molecule has 0 unspecified atom stereocenters. The first-order valence-electron chi connectivity index (χ1n) is 6.25. The fraction of sp³-hybridized carbons (Fsp3) is 0.538. The van der Waals surface area contributed by atoms with E-state index in [1.165, 1.54) is 0 Å². The van der Waals surface area contributed by atoms with Crippen LogP contribution in [0.4, 0.5) is 4.79 Å². The molecule has 4 heteroatoms. The van der Waals surface area contributed by atoms with E-state index >= 15 is 0 Å². The van der Waals surface area contributed by atoms with E-state index in [1.54, 1.807) is 6.20 Å². The molecule has 1 fully saturated rings. The minimum Gasteiger partial charge on any atom is -0.325 e. The maximum Gasteiger partial charge on any atom is 0.320 e. The Balaban J connectivity index is 1.98. The highest BCUT2D eigenvalue weighted by molar-refractivity contribution is 5.74. The number of amides is 2. The third-order valence-corrected chi connectivity index (χ3v) is 3.11. The van der Waals surface area contributed by atoms with Gasteiger partial charge in [0.15, 0.2) is 0 Å². The van der Waals surface area contributed by atoms with Crippen LogP contribution in [-0.2, 0) is 6.54 Å². The van der Waals surface area contributed by atoms with Crippen molar-refractivity contribution in [1.82, 2.24) is 14.8 Å². The Labute approximate surface area is 102 Å². The lowest BCUT2D eigenvalue weighted by molar-refractivity contribution is 0.162. The second kappa shape index (κ2) is 5.66. The van der Waals surface area contributed by atoms with E-state index in [0.717, 1.165) is 38.2 Å². The highest BCUT2D eigenvalue weighted by atomic mass is 16.2. The summed E-state index contributed by atoms with van der Waals surface area (Å²) in [7, 11) is 0. The Morgan fingerprint density at radius 3 is 2.76 bits per heavy atom. The second-order valence-corrected chi connectivity index (χ2v) is 4.31. The number of rotatable bonds is 3. The van der Waals surface area contributed by atoms with Gasteiger partial charge in [0.1, 0.15) is 0 Å². The quantitative estimate of drug-likeness (QED) is 0.801. The molecule has 0 aromatic carbocycles. The first kappa shape index (κ1) is 11.9. The molecule has 2 rings (SSSR count). The average Bonchev–Trinajstić information content (AvgIpc) is 2.90. The van der Waals surface area contributed by atoms with Crippen LogP contribution < -0.4 is 0 Å². The highest BCUT2D eigenvalue weighted by Crippen LogP contribution is 2.12. The van der Waals surface area contributed by atoms with E-state index in [9.17, 15) is 4.79 Å². The summed E-state index contributed by atoms with van der Waals surface area (Å²) in [6.45, 7) is 5.14. The number of carbonyl (C=O) groups is 1. The lowest BCUT2D eigenvalue weighted by Gasteiger charge is -2.26. The van der Waals surface area contributed by atoms with Crippen molar-refractivity contribution in [2.24, 2.45) is 0 Å². The molecule has 1 aromatic rings. The molecule has 1 aromatic heterocycles. The van der Waals surface area contributed by atoms with Crippen molar-refractivity contribution >= 4 is 6.03 Å². The van der Waals surface area contributed by atoms with Crippen molar-refractivity contribution in [2.75, 3.05) is 19.6 Å². The van der Waals surface area contributed by atoms with E-state index in [1.807, 2.05) is 34.9 Å². The van der Waals surface area contributed by atoms with Crippen LogP contribution in [0.5, 0.6) is 0 Å². The van der Waals surface area contributed by atoms with Crippen LogP contribution in [0, 0.1) is 0 Å². The lowest BCUT2D eigenvalue weighted by atomic mass is 10.3. The maximum atomic E-state index is 12.2. The topological polar surface area (TPSA) is 36.4 Å². The van der Waals surface area contributed by atoms with E-state index in [0.29, 0.717) is 6.54 Å². The summed E-state index contributed by atoms with van der Waals surface area (Å²) in [4.78, 5) is 20.3. The minimum atomic E-state index is 0.149. The molecule has 1 saturated heterocycles. The van der Waals surface area contributed by atoms with Gasteiger partial charge < -0.3 is 9.80 Å². The number of nitrogens with zero attached hydrogens (tertiary/aromatic N) is 3. The molecule has 0 atom stereocenters. The van der Waals surface area contributed by atoms with E-state index < -0.39 is 0 Å². The molecule has 1 aliphatic heterocycles. The zero-order valence-electron chi connectivity index (χ0n) is 10.3. The van der Waals surface area contributed by atoms with Crippen molar-refractivity contribution < 1.29 is 4.79 Å². The van der Waals surface area contributed by atoms with Gasteiger partial charge >= 0.3 is 6.03 Å². The molecule has 92 valence electrons. The second-order valence-electron chi connectivity index (χ2n) is 4.31. The summed E-state index contributed by atoms with van der Waals surface area (Å²) in [5, 5.41) is 0. The van der Waals surface area contributed by atoms with Crippen molar-refractivity contribution in [1.29, 1.82) is 0 Å². The molecule has 0 saturated carbocycles. The number of pyridine rings is 1. The lowest BCUT2D eigenvalue weighted by Crippen LogP contribution is -2.41. The Morgan fingerprint density at radius 1 is 1.41 bits per heavy atom. The summed E-state index contributed by atoms with van der Waals surface area (Å²) in [6.07, 6.45) is 4.03. The molecular formula is C13H19N3O. The summed E-state index contributed by atoms with van der Waals surface area (Å²) in [6, 6.07) is 5.95. The van der Waals surface area contributed by atoms with Crippen LogP contribution in [0.1, 0.15) is 25.5 Å². The highest BCUT2D eigenvalue weighted by Gasteiger charge is 2.22. The van der Waals surface area contributed by atoms with Gasteiger partial charge in [-0.2, -0.15) is 0 Å². The molecule has 2 heterocycles. The monoisotopic (exact) mass is 233 g/mol. The summed E-state index contributed by atoms with van der Waals surface area (Å²) >= 11 is 0. The number of hydrogen-bond donors (Lipinski definition) is 0. The van der Waals surface area contributed by atoms with Crippen LogP contribution in [-0.4, -0.2) is 40.4 Å². The Hall–Kier alpha value is -1.58. The Bertz CT molecular complexity index is 360. The van der Waals surface area contributed by atoms with Gasteiger partial charge in [-0.1, -0.05) is 6.07 Å². The van der Waals surface area contributed by atoms with Crippen LogP contribution in [0.15, 0.2) is 24.4 Å². The van der Waals surface area contributed by atoms with Gasteiger partial charge in [0.25, 0.3) is 0 Å². The SMILES string of the molecule is CCN(Cc1ccccn1)C(=O)N1CCCC1. The fourth-order valence-electron chi connectivity index (χ4n) is 2.11. The van der Waals surface area contributed by atoms with Crippen LogP contribution in [0.3, 0.4) is 0 Å². The molecule has 0 bridgehead atoms. The predicted octanol–water partition coefficient (Wildman–Crippen LogP) is 2.12. The molecule has 0 aliphatic carbocycles. The van der Waals surface area contributed by atoms with Crippen molar-refractivity contribution in [3.05, 3.63) is 30.1 Å². The minimum absolute atomic E-state index is 0.149. The predicted molar refractivity (Wildman–Crippen MR) is 66.5 cm³/mol. The van der Waals surface area contributed by atoms with Gasteiger partial charge in [0.2, 0.25) is 0 Å². The van der Waals surface area contributed by atoms with E-state index in [-0.39, 0.29) is 6.03 Å². The molecule has 0 spiro atoms. The summed E-state index contributed by atoms with van der Waals surface area (Å²) in [5.74, 6) is 0. The first-order valence-corrected chi connectivity index (χ1v) is 6.25. The normalized spacial score (nSPS) is 15.0. The number of carbonyl (C=O) groups excluding carboxylic acids is 1. The molecule has 4 nitrogen and oxygen atoms in total. The third-order valence-electron chi connectivity index (χ3n) is 3.11. The molecule has 2 amide bonds. The Morgan fingerprint density at radius 2 is 2.18 bits per heavy atom. The Kier molecular flexibility index (Phi) is 3.96. The zero-order valence-corrected chi connectivity index (χ0v) is 10.3. The first-order chi connectivity index (χ1) is 8.31. The van der Waals surface area contributed by atoms with Crippen molar-refractivity contribution in [3.8, 4) is 0 Å². The van der Waals surface area contributed by atoms with Gasteiger partial charge in [0, 0.05) is 25.8 Å². The van der Waals surface area contributed by atoms with Crippen LogP contribution >= 0.6 is 0 Å². The molecule has 0 radical (unpaired) electrons. The standard InChI is InChI=1S/C13H19N3O/c1-2-15(11-12-7-3-4-8-14-12)13(17)16-9-5-6-10-16/h3-4,7-8H,2,5-6,9-11H2,1H3. The number of hydrogen-bond acceptors (Lipinski definition) is 2. The number of urea groups is 1. The van der Waals surface area contributed by atoms with Gasteiger partial charge in [-0.15, -0.1) is 0 Å². The molecular weight excluding hydrogens is 214 g/mol. The van der Waals surface area contributed by atoms with Crippen molar-refractivity contribution in [3.63, 3.8) is 0 Å². The van der Waals surface area contributed by atoms with Crippen LogP contribution in [0.25, 0.3) is 0 Å². The average molecular weight is 233 g/mol. The number of aromatic nitrogens is 1. The van der Waals surface area contributed by atoms with Crippen LogP contribution in [0.2, 0.25) is 0 Å².